The molecule has 0 amide bonds. The predicted molar refractivity (Wildman–Crippen MR) is 56.0 cm³/mol. The van der Waals surface area contributed by atoms with Crippen LogP contribution in [-0.2, 0) is 11.2 Å². The molecule has 0 saturated carbocycles. The lowest BCUT2D eigenvalue weighted by Crippen LogP contribution is -1.99. The minimum atomic E-state index is -0.859. The Bertz CT molecular complexity index is 495. The summed E-state index contributed by atoms with van der Waals surface area (Å²) in [6, 6.07) is 3.46. The Morgan fingerprint density at radius 2 is 2.36 bits per heavy atom. The molecule has 2 rings (SSSR count). The van der Waals surface area contributed by atoms with Gasteiger partial charge in [-0.2, -0.15) is 4.37 Å². The van der Waals surface area contributed by atoms with Gasteiger partial charge >= 0.3 is 5.97 Å². The van der Waals surface area contributed by atoms with Crippen LogP contribution in [0.1, 0.15) is 5.56 Å². The first-order chi connectivity index (χ1) is 6.66. The van der Waals surface area contributed by atoms with E-state index < -0.39 is 5.97 Å². The second-order valence-electron chi connectivity index (χ2n) is 2.88. The predicted octanol–water partition coefficient (Wildman–Crippen LogP) is 2.58. The molecule has 0 spiro atoms. The smallest absolute Gasteiger partial charge is 0.307 e. The number of benzene rings is 1. The van der Waals surface area contributed by atoms with E-state index in [2.05, 4.69) is 4.37 Å². The quantitative estimate of drug-likeness (QED) is 0.858. The van der Waals surface area contributed by atoms with Crippen LogP contribution in [-0.4, -0.2) is 15.4 Å². The van der Waals surface area contributed by atoms with Crippen LogP contribution in [0, 0.1) is 0 Å². The van der Waals surface area contributed by atoms with E-state index in [1.54, 1.807) is 18.3 Å². The Morgan fingerprint density at radius 1 is 1.57 bits per heavy atom. The van der Waals surface area contributed by atoms with Gasteiger partial charge in [0, 0.05) is 16.6 Å². The summed E-state index contributed by atoms with van der Waals surface area (Å²) in [5, 5.41) is 10.1. The van der Waals surface area contributed by atoms with Crippen molar-refractivity contribution >= 4 is 39.2 Å². The molecule has 1 aromatic carbocycles. The minimum Gasteiger partial charge on any atom is -0.481 e. The normalized spacial score (nSPS) is 10.6. The van der Waals surface area contributed by atoms with E-state index in [0.717, 1.165) is 15.6 Å². The fourth-order valence-corrected chi connectivity index (χ4v) is 2.30. The van der Waals surface area contributed by atoms with Gasteiger partial charge < -0.3 is 5.11 Å². The number of carboxylic acids is 1. The average molecular weight is 228 g/mol. The summed E-state index contributed by atoms with van der Waals surface area (Å²) in [5.74, 6) is -0.859. The monoisotopic (exact) mass is 227 g/mol. The lowest BCUT2D eigenvalue weighted by Gasteiger charge is -1.99. The van der Waals surface area contributed by atoms with Crippen LogP contribution in [0.15, 0.2) is 18.3 Å². The molecule has 3 nitrogen and oxygen atoms in total. The van der Waals surface area contributed by atoms with Crippen molar-refractivity contribution in [2.75, 3.05) is 0 Å². The van der Waals surface area contributed by atoms with E-state index in [9.17, 15) is 4.79 Å². The first-order valence-electron chi connectivity index (χ1n) is 3.91. The van der Waals surface area contributed by atoms with Gasteiger partial charge in [-0.05, 0) is 29.2 Å². The van der Waals surface area contributed by atoms with Gasteiger partial charge in [0.2, 0.25) is 0 Å². The third-order valence-electron chi connectivity index (χ3n) is 1.84. The van der Waals surface area contributed by atoms with Crippen molar-refractivity contribution in [1.82, 2.24) is 4.37 Å². The highest BCUT2D eigenvalue weighted by Gasteiger charge is 2.08. The fraction of sp³-hybridized carbons (Fsp3) is 0.111. The number of hydrogen-bond acceptors (Lipinski definition) is 3. The van der Waals surface area contributed by atoms with Gasteiger partial charge in [-0.3, -0.25) is 4.79 Å². The molecule has 0 bridgehead atoms. The largest absolute Gasteiger partial charge is 0.481 e. The van der Waals surface area contributed by atoms with Gasteiger partial charge in [0.1, 0.15) is 0 Å². The average Bonchev–Trinajstić information content (AvgIpc) is 2.50. The SMILES string of the molecule is O=C(O)Cc1cc(Cl)cc2cnsc12. The van der Waals surface area contributed by atoms with Crippen molar-refractivity contribution in [2.24, 2.45) is 0 Å². The Kier molecular flexibility index (Phi) is 2.39. The number of nitrogens with zero attached hydrogens (tertiary/aromatic N) is 1. The number of halogens is 1. The van der Waals surface area contributed by atoms with E-state index in [1.165, 1.54) is 11.5 Å². The molecule has 1 heterocycles. The van der Waals surface area contributed by atoms with Gasteiger partial charge in [0.05, 0.1) is 11.1 Å². The summed E-state index contributed by atoms with van der Waals surface area (Å²) in [4.78, 5) is 10.6. The minimum absolute atomic E-state index is 0.0146. The van der Waals surface area contributed by atoms with Crippen LogP contribution in [0.25, 0.3) is 10.1 Å². The topological polar surface area (TPSA) is 50.2 Å². The Labute approximate surface area is 89.1 Å². The lowest BCUT2D eigenvalue weighted by molar-refractivity contribution is -0.136. The molecule has 0 aliphatic heterocycles. The standard InChI is InChI=1S/C9H6ClNO2S/c10-7-1-5(3-8(12)13)9-6(2-7)4-11-14-9/h1-2,4H,3H2,(H,12,13). The van der Waals surface area contributed by atoms with Crippen LogP contribution in [0.5, 0.6) is 0 Å². The van der Waals surface area contributed by atoms with Gasteiger partial charge in [-0.25, -0.2) is 0 Å². The number of carbonyl (C=O) groups is 1. The second kappa shape index (κ2) is 3.55. The molecule has 0 aliphatic carbocycles. The zero-order valence-corrected chi connectivity index (χ0v) is 8.60. The van der Waals surface area contributed by atoms with Gasteiger partial charge in [0.15, 0.2) is 0 Å². The van der Waals surface area contributed by atoms with Crippen molar-refractivity contribution < 1.29 is 9.90 Å². The van der Waals surface area contributed by atoms with Crippen LogP contribution in [0.2, 0.25) is 5.02 Å². The maximum atomic E-state index is 10.6. The molecule has 0 fully saturated rings. The van der Waals surface area contributed by atoms with Crippen molar-refractivity contribution in [1.29, 1.82) is 0 Å². The highest BCUT2D eigenvalue weighted by atomic mass is 35.5. The molecule has 0 atom stereocenters. The van der Waals surface area contributed by atoms with Crippen LogP contribution in [0.3, 0.4) is 0 Å². The van der Waals surface area contributed by atoms with Gasteiger partial charge in [-0.1, -0.05) is 11.6 Å². The Morgan fingerprint density at radius 3 is 3.07 bits per heavy atom. The molecule has 14 heavy (non-hydrogen) atoms. The van der Waals surface area contributed by atoms with Gasteiger partial charge in [-0.15, -0.1) is 0 Å². The highest BCUT2D eigenvalue weighted by molar-refractivity contribution is 7.13. The molecule has 1 aromatic heterocycles. The van der Waals surface area contributed by atoms with Crippen molar-refractivity contribution in [3.8, 4) is 0 Å². The van der Waals surface area contributed by atoms with Crippen LogP contribution in [0.4, 0.5) is 0 Å². The number of hydrogen-bond donors (Lipinski definition) is 1. The fourth-order valence-electron chi connectivity index (χ4n) is 1.31. The lowest BCUT2D eigenvalue weighted by atomic mass is 10.1. The molecule has 0 aliphatic rings. The van der Waals surface area contributed by atoms with Crippen molar-refractivity contribution in [3.05, 3.63) is 28.9 Å². The molecular formula is C9H6ClNO2S. The molecule has 5 heteroatoms. The van der Waals surface area contributed by atoms with E-state index in [-0.39, 0.29) is 6.42 Å². The first kappa shape index (κ1) is 9.43. The molecule has 0 radical (unpaired) electrons. The third-order valence-corrected chi connectivity index (χ3v) is 2.95. The molecule has 0 saturated heterocycles. The summed E-state index contributed by atoms with van der Waals surface area (Å²) >= 11 is 7.14. The maximum absolute atomic E-state index is 10.6. The molecule has 0 unspecified atom stereocenters. The maximum Gasteiger partial charge on any atom is 0.307 e. The number of rotatable bonds is 2. The van der Waals surface area contributed by atoms with Gasteiger partial charge in [0.25, 0.3) is 0 Å². The third kappa shape index (κ3) is 1.71. The molecule has 2 aromatic rings. The van der Waals surface area contributed by atoms with E-state index in [4.69, 9.17) is 16.7 Å². The van der Waals surface area contributed by atoms with E-state index in [1.807, 2.05) is 0 Å². The summed E-state index contributed by atoms with van der Waals surface area (Å²) in [7, 11) is 0. The van der Waals surface area contributed by atoms with Crippen molar-refractivity contribution in [2.45, 2.75) is 6.42 Å². The van der Waals surface area contributed by atoms with Crippen LogP contribution >= 0.6 is 23.1 Å². The summed E-state index contributed by atoms with van der Waals surface area (Å²) in [6.45, 7) is 0. The second-order valence-corrected chi connectivity index (χ2v) is 4.12. The summed E-state index contributed by atoms with van der Waals surface area (Å²) in [6.07, 6.45) is 1.68. The summed E-state index contributed by atoms with van der Waals surface area (Å²) in [5.41, 5.74) is 0.725. The summed E-state index contributed by atoms with van der Waals surface area (Å²) < 4.78 is 4.90. The zero-order chi connectivity index (χ0) is 10.1. The first-order valence-corrected chi connectivity index (χ1v) is 5.06. The number of carboxylic acid groups (broad SMARTS) is 1. The number of aromatic nitrogens is 1. The Hall–Kier alpha value is -1.13. The highest BCUT2D eigenvalue weighted by Crippen LogP contribution is 2.27. The number of aliphatic carboxylic acids is 1. The zero-order valence-electron chi connectivity index (χ0n) is 7.03. The molecule has 72 valence electrons. The van der Waals surface area contributed by atoms with Crippen LogP contribution < -0.4 is 0 Å². The molecule has 1 N–H and O–H groups in total. The van der Waals surface area contributed by atoms with E-state index >= 15 is 0 Å². The number of fused-ring (bicyclic) bond motifs is 1. The van der Waals surface area contributed by atoms with E-state index in [0.29, 0.717) is 5.02 Å². The molecular weight excluding hydrogens is 222 g/mol. The Balaban J connectivity index is 2.60. The van der Waals surface area contributed by atoms with Crippen molar-refractivity contribution in [3.63, 3.8) is 0 Å².